The van der Waals surface area contributed by atoms with E-state index in [-0.39, 0.29) is 0 Å². The molecular formula is C33H65NO5. The van der Waals surface area contributed by atoms with E-state index in [0.717, 1.165) is 32.1 Å². The molecule has 0 aromatic rings. The lowest BCUT2D eigenvalue weighted by Crippen LogP contribution is -2.48. The Morgan fingerprint density at radius 1 is 0.590 bits per heavy atom. The van der Waals surface area contributed by atoms with Crippen LogP contribution in [-0.2, 0) is 4.79 Å². The van der Waals surface area contributed by atoms with Gasteiger partial charge in [-0.05, 0) is 12.8 Å². The first-order valence-corrected chi connectivity index (χ1v) is 16.6. The average Bonchev–Trinajstić information content (AvgIpc) is 2.93. The molecule has 0 radical (unpaired) electrons. The van der Waals surface area contributed by atoms with E-state index in [9.17, 15) is 25.2 Å². The Morgan fingerprint density at radius 3 is 1.38 bits per heavy atom. The first-order chi connectivity index (χ1) is 19.0. The molecule has 6 nitrogen and oxygen atoms in total. The third-order valence-corrected chi connectivity index (χ3v) is 7.70. The molecule has 0 bridgehead atoms. The smallest absolute Gasteiger partial charge is 0.249 e. The zero-order valence-electron chi connectivity index (χ0n) is 25.6. The van der Waals surface area contributed by atoms with E-state index in [1.165, 1.54) is 115 Å². The van der Waals surface area contributed by atoms with E-state index >= 15 is 0 Å². The Morgan fingerprint density at radius 2 is 0.974 bits per heavy atom. The number of hydrogen-bond acceptors (Lipinski definition) is 5. The van der Waals surface area contributed by atoms with Crippen molar-refractivity contribution in [2.24, 2.45) is 0 Å². The maximum atomic E-state index is 12.3. The molecule has 0 heterocycles. The number of unbranched alkanes of at least 4 members (excludes halogenated alkanes) is 19. The van der Waals surface area contributed by atoms with Gasteiger partial charge < -0.3 is 25.7 Å². The van der Waals surface area contributed by atoms with Crippen molar-refractivity contribution in [2.75, 3.05) is 6.61 Å². The molecule has 0 aliphatic carbocycles. The summed E-state index contributed by atoms with van der Waals surface area (Å²) in [5.74, 6) is -0.570. The Labute approximate surface area is 241 Å². The SMILES string of the molecule is CCCCCCCCCCCCCC(O)C(=O)N[C@@H](CO)[C@H](O)/C=C/[C@H](O)CCCCCCCCCCCC. The molecule has 0 aliphatic heterocycles. The normalized spacial score (nSPS) is 14.9. The fraction of sp³-hybridized carbons (Fsp3) is 0.909. The zero-order chi connectivity index (χ0) is 29.0. The predicted octanol–water partition coefficient (Wildman–Crippen LogP) is 7.11. The van der Waals surface area contributed by atoms with Crippen LogP contribution in [0.1, 0.15) is 162 Å². The number of nitrogens with one attached hydrogen (secondary N) is 1. The van der Waals surface area contributed by atoms with Gasteiger partial charge in [-0.1, -0.05) is 161 Å². The topological polar surface area (TPSA) is 110 Å². The van der Waals surface area contributed by atoms with Crippen LogP contribution in [0, 0.1) is 0 Å². The van der Waals surface area contributed by atoms with Gasteiger partial charge in [0, 0.05) is 0 Å². The lowest BCUT2D eigenvalue weighted by molar-refractivity contribution is -0.131. The van der Waals surface area contributed by atoms with Gasteiger partial charge in [0.25, 0.3) is 0 Å². The minimum absolute atomic E-state index is 0.379. The summed E-state index contributed by atoms with van der Waals surface area (Å²) in [5, 5.41) is 42.9. The van der Waals surface area contributed by atoms with Crippen molar-refractivity contribution in [3.63, 3.8) is 0 Å². The maximum absolute atomic E-state index is 12.3. The van der Waals surface area contributed by atoms with Crippen molar-refractivity contribution < 1.29 is 25.2 Å². The summed E-state index contributed by atoms with van der Waals surface area (Å²) in [6.07, 6.45) is 26.7. The number of aliphatic hydroxyl groups excluding tert-OH is 4. The fourth-order valence-corrected chi connectivity index (χ4v) is 4.96. The second-order valence-corrected chi connectivity index (χ2v) is 11.6. The number of hydrogen-bond donors (Lipinski definition) is 5. The van der Waals surface area contributed by atoms with E-state index in [1.54, 1.807) is 0 Å². The highest BCUT2D eigenvalue weighted by Crippen LogP contribution is 2.14. The summed E-state index contributed by atoms with van der Waals surface area (Å²) in [6, 6.07) is -0.912. The molecular weight excluding hydrogens is 490 g/mol. The van der Waals surface area contributed by atoms with E-state index in [4.69, 9.17) is 0 Å². The number of rotatable bonds is 29. The first-order valence-electron chi connectivity index (χ1n) is 16.6. The van der Waals surface area contributed by atoms with Crippen LogP contribution in [0.5, 0.6) is 0 Å². The second-order valence-electron chi connectivity index (χ2n) is 11.6. The van der Waals surface area contributed by atoms with Gasteiger partial charge in [0.15, 0.2) is 0 Å². The molecule has 0 spiro atoms. The van der Waals surface area contributed by atoms with Crippen molar-refractivity contribution in [3.8, 4) is 0 Å². The Bertz CT molecular complexity index is 556. The standard InChI is InChI=1S/C33H65NO5/c1-3-5-7-9-11-13-15-17-19-21-23-25-32(38)33(39)34-30(28-35)31(37)27-26-29(36)24-22-20-18-16-14-12-10-8-6-4-2/h26-27,29-32,35-38H,3-25,28H2,1-2H3,(H,34,39)/b27-26+/t29-,30+,31-,32?/m1/s1. The molecule has 0 aromatic heterocycles. The molecule has 6 heteroatoms. The van der Waals surface area contributed by atoms with Gasteiger partial charge in [-0.25, -0.2) is 0 Å². The highest BCUT2D eigenvalue weighted by Gasteiger charge is 2.22. The van der Waals surface area contributed by atoms with Crippen LogP contribution in [0.2, 0.25) is 0 Å². The highest BCUT2D eigenvalue weighted by atomic mass is 16.3. The zero-order valence-corrected chi connectivity index (χ0v) is 25.6. The molecule has 39 heavy (non-hydrogen) atoms. The molecule has 0 rings (SSSR count). The molecule has 0 fully saturated rings. The molecule has 0 saturated carbocycles. The summed E-state index contributed by atoms with van der Waals surface area (Å²) in [7, 11) is 0. The van der Waals surface area contributed by atoms with Crippen molar-refractivity contribution in [3.05, 3.63) is 12.2 Å². The van der Waals surface area contributed by atoms with Crippen LogP contribution in [0.3, 0.4) is 0 Å². The molecule has 5 N–H and O–H groups in total. The van der Waals surface area contributed by atoms with Crippen LogP contribution >= 0.6 is 0 Å². The third kappa shape index (κ3) is 24.6. The maximum Gasteiger partial charge on any atom is 0.249 e. The third-order valence-electron chi connectivity index (χ3n) is 7.70. The molecule has 0 aromatic carbocycles. The van der Waals surface area contributed by atoms with Crippen LogP contribution in [0.25, 0.3) is 0 Å². The van der Waals surface area contributed by atoms with E-state index < -0.39 is 36.9 Å². The van der Waals surface area contributed by atoms with Gasteiger partial charge in [-0.2, -0.15) is 0 Å². The number of aliphatic hydroxyl groups is 4. The van der Waals surface area contributed by atoms with Gasteiger partial charge >= 0.3 is 0 Å². The number of amides is 1. The minimum atomic E-state index is -1.14. The Hall–Kier alpha value is -0.950. The highest BCUT2D eigenvalue weighted by molar-refractivity contribution is 5.80. The van der Waals surface area contributed by atoms with E-state index in [1.807, 2.05) is 0 Å². The Kier molecular flexibility index (Phi) is 27.9. The lowest BCUT2D eigenvalue weighted by Gasteiger charge is -2.22. The van der Waals surface area contributed by atoms with Gasteiger partial charge in [0.05, 0.1) is 24.9 Å². The largest absolute Gasteiger partial charge is 0.394 e. The Balaban J connectivity index is 3.93. The van der Waals surface area contributed by atoms with Crippen LogP contribution in [0.4, 0.5) is 0 Å². The van der Waals surface area contributed by atoms with Crippen molar-refractivity contribution >= 4 is 5.91 Å². The molecule has 232 valence electrons. The number of carbonyl (C=O) groups is 1. The lowest BCUT2D eigenvalue weighted by atomic mass is 10.0. The van der Waals surface area contributed by atoms with Gasteiger partial charge in [-0.3, -0.25) is 4.79 Å². The van der Waals surface area contributed by atoms with Crippen LogP contribution in [-0.4, -0.2) is 57.3 Å². The molecule has 1 unspecified atom stereocenters. The van der Waals surface area contributed by atoms with Crippen molar-refractivity contribution in [1.29, 1.82) is 0 Å². The van der Waals surface area contributed by atoms with Crippen LogP contribution in [0.15, 0.2) is 12.2 Å². The summed E-state index contributed by atoms with van der Waals surface area (Å²) >= 11 is 0. The molecule has 1 amide bonds. The van der Waals surface area contributed by atoms with Crippen molar-refractivity contribution in [1.82, 2.24) is 5.32 Å². The first kappa shape index (κ1) is 38.0. The minimum Gasteiger partial charge on any atom is -0.394 e. The summed E-state index contributed by atoms with van der Waals surface area (Å²) in [5.41, 5.74) is 0. The van der Waals surface area contributed by atoms with Crippen molar-refractivity contribution in [2.45, 2.75) is 186 Å². The average molecular weight is 556 g/mol. The second kappa shape index (κ2) is 28.6. The summed E-state index contributed by atoms with van der Waals surface area (Å²) in [6.45, 7) is 4.02. The predicted molar refractivity (Wildman–Crippen MR) is 164 cm³/mol. The molecule has 0 saturated heterocycles. The van der Waals surface area contributed by atoms with Gasteiger partial charge in [0.2, 0.25) is 5.91 Å². The van der Waals surface area contributed by atoms with E-state index in [0.29, 0.717) is 12.8 Å². The van der Waals surface area contributed by atoms with Gasteiger partial charge in [-0.15, -0.1) is 0 Å². The number of carbonyl (C=O) groups excluding carboxylic acids is 1. The quantitative estimate of drug-likeness (QED) is 0.0499. The molecule has 0 aliphatic rings. The molecule has 4 atom stereocenters. The monoisotopic (exact) mass is 555 g/mol. The van der Waals surface area contributed by atoms with E-state index in [2.05, 4.69) is 19.2 Å². The van der Waals surface area contributed by atoms with Crippen LogP contribution < -0.4 is 5.32 Å². The summed E-state index contributed by atoms with van der Waals surface area (Å²) < 4.78 is 0. The summed E-state index contributed by atoms with van der Waals surface area (Å²) in [4.78, 5) is 12.3. The fourth-order valence-electron chi connectivity index (χ4n) is 4.96. The van der Waals surface area contributed by atoms with Gasteiger partial charge in [0.1, 0.15) is 6.10 Å².